The summed E-state index contributed by atoms with van der Waals surface area (Å²) in [6, 6.07) is 24.9. The van der Waals surface area contributed by atoms with E-state index in [0.717, 1.165) is 54.5 Å². The first kappa shape index (κ1) is 22.3. The molecule has 0 aliphatic carbocycles. The highest BCUT2D eigenvalue weighted by molar-refractivity contribution is 7.99. The van der Waals surface area contributed by atoms with Crippen molar-refractivity contribution in [3.8, 4) is 0 Å². The van der Waals surface area contributed by atoms with Gasteiger partial charge < -0.3 is 10.2 Å². The second kappa shape index (κ2) is 11.1. The van der Waals surface area contributed by atoms with Gasteiger partial charge in [0.1, 0.15) is 5.03 Å². The highest BCUT2D eigenvalue weighted by atomic mass is 32.2. The number of amides is 1. The molecule has 1 saturated heterocycles. The Morgan fingerprint density at radius 3 is 2.34 bits per heavy atom. The number of piperidine rings is 1. The number of nitrogens with zero attached hydrogens (tertiary/aromatic N) is 3. The molecule has 5 nitrogen and oxygen atoms in total. The minimum atomic E-state index is 0.0753. The van der Waals surface area contributed by atoms with Crippen molar-refractivity contribution < 1.29 is 4.79 Å². The molecule has 2 aromatic carbocycles. The molecule has 166 valence electrons. The quantitative estimate of drug-likeness (QED) is 0.529. The van der Waals surface area contributed by atoms with E-state index >= 15 is 0 Å². The number of aryl methyl sites for hydroxylation is 1. The third-order valence-electron chi connectivity index (χ3n) is 5.88. The lowest BCUT2D eigenvalue weighted by atomic mass is 9.95. The summed E-state index contributed by atoms with van der Waals surface area (Å²) in [5.41, 5.74) is 1.32. The molecular weight excluding hydrogens is 416 g/mol. The van der Waals surface area contributed by atoms with Crippen molar-refractivity contribution in [1.29, 1.82) is 0 Å². The average Bonchev–Trinajstić information content (AvgIpc) is 2.85. The van der Waals surface area contributed by atoms with Crippen LogP contribution in [0.25, 0.3) is 0 Å². The van der Waals surface area contributed by atoms with E-state index in [1.807, 2.05) is 36.4 Å². The summed E-state index contributed by atoms with van der Waals surface area (Å²) >= 11 is 1.61. The molecule has 32 heavy (non-hydrogen) atoms. The van der Waals surface area contributed by atoms with Gasteiger partial charge in [0.05, 0.1) is 0 Å². The Balaban J connectivity index is 1.21. The van der Waals surface area contributed by atoms with Gasteiger partial charge in [-0.3, -0.25) is 4.79 Å². The Kier molecular flexibility index (Phi) is 7.77. The lowest BCUT2D eigenvalue weighted by Gasteiger charge is -2.32. The third kappa shape index (κ3) is 6.33. The largest absolute Gasteiger partial charge is 0.355 e. The average molecular weight is 447 g/mol. The van der Waals surface area contributed by atoms with E-state index in [4.69, 9.17) is 0 Å². The maximum absolute atomic E-state index is 12.7. The van der Waals surface area contributed by atoms with Crippen LogP contribution in [0.3, 0.4) is 0 Å². The van der Waals surface area contributed by atoms with Crippen LogP contribution in [0.5, 0.6) is 0 Å². The predicted molar refractivity (Wildman–Crippen MR) is 130 cm³/mol. The lowest BCUT2D eigenvalue weighted by Crippen LogP contribution is -2.43. The van der Waals surface area contributed by atoms with Crippen molar-refractivity contribution in [3.63, 3.8) is 0 Å². The number of carbonyl (C=O) groups excluding carboxylic acids is 1. The van der Waals surface area contributed by atoms with Crippen molar-refractivity contribution in [3.05, 3.63) is 78.4 Å². The molecule has 1 aliphatic rings. The molecule has 1 amide bonds. The van der Waals surface area contributed by atoms with Gasteiger partial charge in [-0.2, -0.15) is 0 Å². The zero-order chi connectivity index (χ0) is 22.2. The van der Waals surface area contributed by atoms with E-state index in [1.54, 1.807) is 11.8 Å². The maximum atomic E-state index is 12.7. The van der Waals surface area contributed by atoms with Gasteiger partial charge in [0.2, 0.25) is 5.91 Å². The van der Waals surface area contributed by atoms with Gasteiger partial charge in [0.15, 0.2) is 5.82 Å². The van der Waals surface area contributed by atoms with Crippen LogP contribution in [-0.2, 0) is 11.2 Å². The summed E-state index contributed by atoms with van der Waals surface area (Å²) in [5, 5.41) is 12.9. The molecule has 0 saturated carbocycles. The van der Waals surface area contributed by atoms with Gasteiger partial charge in [-0.1, -0.05) is 60.3 Å². The van der Waals surface area contributed by atoms with E-state index in [2.05, 4.69) is 63.7 Å². The number of nitrogens with one attached hydrogen (secondary N) is 1. The Morgan fingerprint density at radius 2 is 1.69 bits per heavy atom. The van der Waals surface area contributed by atoms with Gasteiger partial charge >= 0.3 is 0 Å². The summed E-state index contributed by atoms with van der Waals surface area (Å²) in [4.78, 5) is 16.1. The lowest BCUT2D eigenvalue weighted by molar-refractivity contribution is -0.126. The molecule has 0 unspecified atom stereocenters. The van der Waals surface area contributed by atoms with E-state index in [9.17, 15) is 4.79 Å². The molecule has 3 aromatic rings. The standard InChI is InChI=1S/C26H30N4OS/c1-20(12-13-21-8-4-2-5-9-21)27-26(31)22-16-18-30(19-17-22)24-14-15-25(29-28-24)32-23-10-6-3-7-11-23/h2-11,14-15,20,22H,12-13,16-19H2,1H3,(H,27,31)/t20-/m1/s1. The molecule has 0 spiro atoms. The van der Waals surface area contributed by atoms with Crippen LogP contribution < -0.4 is 10.2 Å². The van der Waals surface area contributed by atoms with Crippen LogP contribution in [0, 0.1) is 5.92 Å². The SMILES string of the molecule is C[C@H](CCc1ccccc1)NC(=O)C1CCN(c2ccc(Sc3ccccc3)nn2)CC1. The number of hydrogen-bond donors (Lipinski definition) is 1. The monoisotopic (exact) mass is 446 g/mol. The first-order chi connectivity index (χ1) is 15.7. The summed E-state index contributed by atoms with van der Waals surface area (Å²) in [7, 11) is 0. The van der Waals surface area contributed by atoms with Crippen LogP contribution in [0.15, 0.2) is 82.7 Å². The third-order valence-corrected chi connectivity index (χ3v) is 6.81. The van der Waals surface area contributed by atoms with Crippen LogP contribution in [0.4, 0.5) is 5.82 Å². The molecule has 1 fully saturated rings. The fraction of sp³-hybridized carbons (Fsp3) is 0.346. The van der Waals surface area contributed by atoms with Crippen LogP contribution >= 0.6 is 11.8 Å². The summed E-state index contributed by atoms with van der Waals surface area (Å²) in [6.45, 7) is 3.76. The fourth-order valence-electron chi connectivity index (χ4n) is 3.98. The summed E-state index contributed by atoms with van der Waals surface area (Å²) < 4.78 is 0. The molecule has 2 heterocycles. The molecular formula is C26H30N4OS. The number of carbonyl (C=O) groups is 1. The minimum absolute atomic E-state index is 0.0753. The smallest absolute Gasteiger partial charge is 0.223 e. The summed E-state index contributed by atoms with van der Waals surface area (Å²) in [5.74, 6) is 1.15. The molecule has 0 radical (unpaired) electrons. The first-order valence-electron chi connectivity index (χ1n) is 11.3. The highest BCUT2D eigenvalue weighted by Gasteiger charge is 2.26. The van der Waals surface area contributed by atoms with Gasteiger partial charge in [-0.05, 0) is 62.4 Å². The number of aromatic nitrogens is 2. The molecule has 6 heteroatoms. The summed E-state index contributed by atoms with van der Waals surface area (Å²) in [6.07, 6.45) is 3.63. The van der Waals surface area contributed by atoms with Gasteiger partial charge in [0, 0.05) is 29.9 Å². The Labute approximate surface area is 194 Å². The van der Waals surface area contributed by atoms with Gasteiger partial charge in [0.25, 0.3) is 0 Å². The maximum Gasteiger partial charge on any atom is 0.223 e. The molecule has 4 rings (SSSR count). The van der Waals surface area contributed by atoms with E-state index in [0.29, 0.717) is 0 Å². The Hall–Kier alpha value is -2.86. The van der Waals surface area contributed by atoms with Crippen molar-refractivity contribution in [2.45, 2.75) is 48.6 Å². The van der Waals surface area contributed by atoms with Crippen molar-refractivity contribution in [2.75, 3.05) is 18.0 Å². The second-order valence-corrected chi connectivity index (χ2v) is 9.43. The molecule has 1 atom stereocenters. The van der Waals surface area contributed by atoms with Crippen LogP contribution in [0.1, 0.15) is 31.7 Å². The zero-order valence-electron chi connectivity index (χ0n) is 18.5. The molecule has 1 N–H and O–H groups in total. The molecule has 0 bridgehead atoms. The number of benzene rings is 2. The van der Waals surface area contributed by atoms with Crippen LogP contribution in [0.2, 0.25) is 0 Å². The van der Waals surface area contributed by atoms with E-state index in [1.165, 1.54) is 5.56 Å². The van der Waals surface area contributed by atoms with Gasteiger partial charge in [-0.15, -0.1) is 10.2 Å². The van der Waals surface area contributed by atoms with E-state index < -0.39 is 0 Å². The Morgan fingerprint density at radius 1 is 1.00 bits per heavy atom. The molecule has 1 aliphatic heterocycles. The van der Waals surface area contributed by atoms with Crippen molar-refractivity contribution >= 4 is 23.5 Å². The molecule has 1 aromatic heterocycles. The Bertz CT molecular complexity index is 974. The number of rotatable bonds is 8. The number of anilines is 1. The first-order valence-corrected chi connectivity index (χ1v) is 12.1. The zero-order valence-corrected chi connectivity index (χ0v) is 19.3. The predicted octanol–water partition coefficient (Wildman–Crippen LogP) is 4.98. The highest BCUT2D eigenvalue weighted by Crippen LogP contribution is 2.27. The van der Waals surface area contributed by atoms with Crippen molar-refractivity contribution in [2.24, 2.45) is 5.92 Å². The second-order valence-electron chi connectivity index (χ2n) is 8.34. The minimum Gasteiger partial charge on any atom is -0.355 e. The topological polar surface area (TPSA) is 58.1 Å². The fourth-order valence-corrected chi connectivity index (χ4v) is 4.73. The number of hydrogen-bond acceptors (Lipinski definition) is 5. The van der Waals surface area contributed by atoms with E-state index in [-0.39, 0.29) is 17.9 Å². The van der Waals surface area contributed by atoms with Crippen molar-refractivity contribution in [1.82, 2.24) is 15.5 Å². The van der Waals surface area contributed by atoms with Crippen LogP contribution in [-0.4, -0.2) is 35.2 Å². The normalized spacial score (nSPS) is 15.3. The van der Waals surface area contributed by atoms with Gasteiger partial charge in [-0.25, -0.2) is 0 Å².